The molecule has 21 heavy (non-hydrogen) atoms. The topological polar surface area (TPSA) is 90.9 Å². The molecule has 6 nitrogen and oxygen atoms in total. The molecule has 1 unspecified atom stereocenters. The number of benzene rings is 1. The van der Waals surface area contributed by atoms with Crippen LogP contribution >= 0.6 is 11.6 Å². The fraction of sp³-hybridized carbons (Fsp3) is 0.357. The molecular weight excluding hydrogens is 292 g/mol. The highest BCUT2D eigenvalue weighted by molar-refractivity contribution is 6.30. The van der Waals surface area contributed by atoms with E-state index in [1.165, 1.54) is 0 Å². The molecule has 0 saturated heterocycles. The third kappa shape index (κ3) is 3.22. The van der Waals surface area contributed by atoms with E-state index in [0.29, 0.717) is 22.8 Å². The van der Waals surface area contributed by atoms with Crippen molar-refractivity contribution < 1.29 is 9.90 Å². The van der Waals surface area contributed by atoms with Gasteiger partial charge in [0.2, 0.25) is 5.95 Å². The van der Waals surface area contributed by atoms with Gasteiger partial charge in [-0.1, -0.05) is 37.6 Å². The quantitative estimate of drug-likeness (QED) is 0.790. The Morgan fingerprint density at radius 3 is 2.81 bits per heavy atom. The van der Waals surface area contributed by atoms with E-state index < -0.39 is 11.5 Å². The first-order chi connectivity index (χ1) is 9.99. The number of hydrogen-bond acceptors (Lipinski definition) is 4. The van der Waals surface area contributed by atoms with E-state index in [4.69, 9.17) is 11.6 Å². The van der Waals surface area contributed by atoms with E-state index in [1.807, 2.05) is 6.92 Å². The molecule has 2 rings (SSSR count). The molecule has 0 spiro atoms. The van der Waals surface area contributed by atoms with E-state index in [1.54, 1.807) is 31.2 Å². The van der Waals surface area contributed by atoms with Gasteiger partial charge >= 0.3 is 0 Å². The Labute approximate surface area is 127 Å². The zero-order chi connectivity index (χ0) is 15.5. The Kier molecular flexibility index (Phi) is 4.59. The summed E-state index contributed by atoms with van der Waals surface area (Å²) in [6, 6.07) is 6.60. The van der Waals surface area contributed by atoms with Crippen LogP contribution in [0.4, 0.5) is 5.95 Å². The molecule has 0 bridgehead atoms. The number of nitrogens with one attached hydrogen (secondary N) is 2. The molecule has 1 heterocycles. The summed E-state index contributed by atoms with van der Waals surface area (Å²) in [4.78, 5) is 16.5. The maximum absolute atomic E-state index is 12.4. The molecule has 0 radical (unpaired) electrons. The van der Waals surface area contributed by atoms with Crippen molar-refractivity contribution in [3.63, 3.8) is 0 Å². The second kappa shape index (κ2) is 6.24. The predicted molar refractivity (Wildman–Crippen MR) is 80.0 cm³/mol. The summed E-state index contributed by atoms with van der Waals surface area (Å²) in [5, 5.41) is 20.2. The SMILES string of the molecule is CCc1nc(NC(=O)C(O)(CC)c2cccc(Cl)c2)n[nH]1. The van der Waals surface area contributed by atoms with Crippen molar-refractivity contribution >= 4 is 23.5 Å². The first-order valence-corrected chi connectivity index (χ1v) is 7.08. The van der Waals surface area contributed by atoms with Crippen LogP contribution in [0.25, 0.3) is 0 Å². The van der Waals surface area contributed by atoms with Crippen LogP contribution in [0.3, 0.4) is 0 Å². The zero-order valence-corrected chi connectivity index (χ0v) is 12.6. The smallest absolute Gasteiger partial charge is 0.263 e. The molecule has 1 amide bonds. The molecule has 2 aromatic rings. The lowest BCUT2D eigenvalue weighted by Crippen LogP contribution is -2.40. The Bertz CT molecular complexity index is 643. The Morgan fingerprint density at radius 1 is 1.48 bits per heavy atom. The van der Waals surface area contributed by atoms with Gasteiger partial charge in [-0.3, -0.25) is 15.2 Å². The van der Waals surface area contributed by atoms with Crippen molar-refractivity contribution in [3.8, 4) is 0 Å². The van der Waals surface area contributed by atoms with Crippen molar-refractivity contribution in [1.29, 1.82) is 0 Å². The summed E-state index contributed by atoms with van der Waals surface area (Å²) in [6.07, 6.45) is 0.874. The average Bonchev–Trinajstić information content (AvgIpc) is 2.94. The normalized spacial score (nSPS) is 13.7. The van der Waals surface area contributed by atoms with Crippen molar-refractivity contribution in [2.24, 2.45) is 0 Å². The molecule has 1 atom stereocenters. The number of aryl methyl sites for hydroxylation is 1. The number of nitrogens with zero attached hydrogens (tertiary/aromatic N) is 2. The Hall–Kier alpha value is -1.92. The van der Waals surface area contributed by atoms with Gasteiger partial charge in [0, 0.05) is 11.4 Å². The first kappa shape index (κ1) is 15.5. The predicted octanol–water partition coefficient (Wildman–Crippen LogP) is 2.26. The van der Waals surface area contributed by atoms with Gasteiger partial charge < -0.3 is 5.11 Å². The van der Waals surface area contributed by atoms with Crippen LogP contribution in [0.5, 0.6) is 0 Å². The van der Waals surface area contributed by atoms with Gasteiger partial charge in [0.25, 0.3) is 5.91 Å². The molecule has 0 saturated carbocycles. The van der Waals surface area contributed by atoms with Gasteiger partial charge in [-0.25, -0.2) is 0 Å². The van der Waals surface area contributed by atoms with E-state index in [2.05, 4.69) is 20.5 Å². The molecule has 1 aromatic heterocycles. The summed E-state index contributed by atoms with van der Waals surface area (Å²) in [7, 11) is 0. The van der Waals surface area contributed by atoms with Crippen LogP contribution in [0.2, 0.25) is 5.02 Å². The molecule has 112 valence electrons. The highest BCUT2D eigenvalue weighted by atomic mass is 35.5. The molecule has 7 heteroatoms. The fourth-order valence-electron chi connectivity index (χ4n) is 1.96. The number of halogens is 1. The van der Waals surface area contributed by atoms with E-state index in [9.17, 15) is 9.90 Å². The second-order valence-electron chi connectivity index (χ2n) is 4.64. The minimum Gasteiger partial charge on any atom is -0.375 e. The lowest BCUT2D eigenvalue weighted by Gasteiger charge is -2.25. The second-order valence-corrected chi connectivity index (χ2v) is 5.07. The molecule has 3 N–H and O–H groups in total. The molecule has 0 aliphatic carbocycles. The van der Waals surface area contributed by atoms with E-state index in [-0.39, 0.29) is 12.4 Å². The van der Waals surface area contributed by atoms with Crippen LogP contribution in [0, 0.1) is 0 Å². The molecule has 0 aliphatic heterocycles. The van der Waals surface area contributed by atoms with Crippen LogP contribution < -0.4 is 5.32 Å². The lowest BCUT2D eigenvalue weighted by atomic mass is 9.90. The van der Waals surface area contributed by atoms with Crippen LogP contribution in [0.1, 0.15) is 31.7 Å². The molecule has 0 fully saturated rings. The Balaban J connectivity index is 2.25. The number of aromatic amines is 1. The number of aliphatic hydroxyl groups is 1. The first-order valence-electron chi connectivity index (χ1n) is 6.70. The number of carbonyl (C=O) groups is 1. The summed E-state index contributed by atoms with van der Waals surface area (Å²) in [6.45, 7) is 3.64. The van der Waals surface area contributed by atoms with Crippen LogP contribution in [0.15, 0.2) is 24.3 Å². The maximum atomic E-state index is 12.4. The van der Waals surface area contributed by atoms with Crippen molar-refractivity contribution in [1.82, 2.24) is 15.2 Å². The monoisotopic (exact) mass is 308 g/mol. The van der Waals surface area contributed by atoms with Gasteiger partial charge in [-0.15, -0.1) is 5.10 Å². The average molecular weight is 309 g/mol. The van der Waals surface area contributed by atoms with Crippen molar-refractivity contribution in [3.05, 3.63) is 40.7 Å². The lowest BCUT2D eigenvalue weighted by molar-refractivity contribution is -0.135. The molecule has 1 aromatic carbocycles. The summed E-state index contributed by atoms with van der Waals surface area (Å²) < 4.78 is 0. The van der Waals surface area contributed by atoms with Gasteiger partial charge in [0.05, 0.1) is 0 Å². The number of amides is 1. The van der Waals surface area contributed by atoms with Gasteiger partial charge in [-0.05, 0) is 24.1 Å². The van der Waals surface area contributed by atoms with E-state index >= 15 is 0 Å². The number of H-pyrrole nitrogens is 1. The van der Waals surface area contributed by atoms with Crippen molar-refractivity contribution in [2.75, 3.05) is 5.32 Å². The third-order valence-corrected chi connectivity index (χ3v) is 3.52. The third-order valence-electron chi connectivity index (χ3n) is 3.28. The number of carbonyl (C=O) groups excluding carboxylic acids is 1. The number of aromatic nitrogens is 3. The number of anilines is 1. The van der Waals surface area contributed by atoms with Gasteiger partial charge in [0.15, 0.2) is 5.60 Å². The summed E-state index contributed by atoms with van der Waals surface area (Å²) in [5.41, 5.74) is -1.25. The van der Waals surface area contributed by atoms with Crippen LogP contribution in [-0.2, 0) is 16.8 Å². The Morgan fingerprint density at radius 2 is 2.24 bits per heavy atom. The van der Waals surface area contributed by atoms with Crippen molar-refractivity contribution in [2.45, 2.75) is 32.3 Å². The maximum Gasteiger partial charge on any atom is 0.263 e. The summed E-state index contributed by atoms with van der Waals surface area (Å²) in [5.74, 6) is 0.216. The minimum atomic E-state index is -1.68. The zero-order valence-electron chi connectivity index (χ0n) is 11.9. The fourth-order valence-corrected chi connectivity index (χ4v) is 2.15. The highest BCUT2D eigenvalue weighted by Crippen LogP contribution is 2.28. The number of rotatable bonds is 5. The largest absolute Gasteiger partial charge is 0.375 e. The van der Waals surface area contributed by atoms with E-state index in [0.717, 1.165) is 0 Å². The van der Waals surface area contributed by atoms with Gasteiger partial charge in [0.1, 0.15) is 5.82 Å². The number of hydrogen-bond donors (Lipinski definition) is 3. The highest BCUT2D eigenvalue weighted by Gasteiger charge is 2.36. The standard InChI is InChI=1S/C14H17ClN4O2/c1-3-11-16-13(19-18-11)17-12(20)14(21,4-2)9-6-5-7-10(15)8-9/h5-8,21H,3-4H2,1-2H3,(H2,16,17,18,19,20). The molecular formula is C14H17ClN4O2. The summed E-state index contributed by atoms with van der Waals surface area (Å²) >= 11 is 5.92. The van der Waals surface area contributed by atoms with Gasteiger partial charge in [-0.2, -0.15) is 4.98 Å². The van der Waals surface area contributed by atoms with Crippen LogP contribution in [-0.4, -0.2) is 26.2 Å². The molecule has 0 aliphatic rings. The minimum absolute atomic E-state index is 0.144.